The van der Waals surface area contributed by atoms with Crippen LogP contribution in [0, 0.1) is 30.6 Å². The maximum atomic E-state index is 14.3. The second-order valence-electron chi connectivity index (χ2n) is 14.5. The van der Waals surface area contributed by atoms with Crippen LogP contribution in [-0.4, -0.2) is 105 Å². The molecule has 3 aliphatic rings. The summed E-state index contributed by atoms with van der Waals surface area (Å²) in [5, 5.41) is 72.8. The van der Waals surface area contributed by atoms with E-state index in [0.29, 0.717) is 0 Å². The van der Waals surface area contributed by atoms with Gasteiger partial charge in [0.15, 0.2) is 5.75 Å². The van der Waals surface area contributed by atoms with Crippen molar-refractivity contribution in [2.24, 2.45) is 28.8 Å². The first-order valence-electron chi connectivity index (χ1n) is 18.3. The molecule has 0 saturated carbocycles. The summed E-state index contributed by atoms with van der Waals surface area (Å²) in [4.78, 5) is 40.1. The molecule has 5 bridgehead atoms. The molecule has 1 amide bonds. The number of aromatic hydroxyl groups is 3. The number of phenols is 3. The van der Waals surface area contributed by atoms with Crippen molar-refractivity contribution in [2.75, 3.05) is 25.6 Å². The Morgan fingerprint density at radius 1 is 1.00 bits per heavy atom. The third kappa shape index (κ3) is 8.48. The predicted molar refractivity (Wildman–Crippen MR) is 206 cm³/mol. The number of hydrogen-bond acceptors (Lipinski definition) is 15. The quantitative estimate of drug-likeness (QED) is 0.0521. The number of carbonyl (C=O) groups excluding carboxylic acids is 3. The van der Waals surface area contributed by atoms with Crippen LogP contribution in [0.4, 0.5) is 5.69 Å². The second kappa shape index (κ2) is 17.7. The number of nitrogens with zero attached hydrogens (tertiary/aromatic N) is 1. The fourth-order valence-electron chi connectivity index (χ4n) is 7.10. The molecule has 0 aliphatic carbocycles. The van der Waals surface area contributed by atoms with Gasteiger partial charge in [-0.1, -0.05) is 45.9 Å². The van der Waals surface area contributed by atoms with E-state index < -0.39 is 88.8 Å². The molecular weight excluding hydrogens is 730 g/mol. The predicted octanol–water partition coefficient (Wildman–Crippen LogP) is 3.67. The van der Waals surface area contributed by atoms with Crippen LogP contribution >= 0.6 is 0 Å². The molecule has 3 aliphatic heterocycles. The molecule has 8 N–H and O–H groups in total. The number of ketones is 1. The Hall–Kier alpha value is -5.16. The summed E-state index contributed by atoms with van der Waals surface area (Å²) in [5.74, 6) is -8.76. The number of rotatable bonds is 6. The summed E-state index contributed by atoms with van der Waals surface area (Å²) in [5.41, 5.74) is 1.87. The maximum absolute atomic E-state index is 14.3. The number of aliphatic hydroxyl groups excluding tert-OH is 3. The number of hydrazone groups is 1. The Balaban J connectivity index is 1.97. The van der Waals surface area contributed by atoms with Gasteiger partial charge in [0.05, 0.1) is 66.1 Å². The van der Waals surface area contributed by atoms with Gasteiger partial charge in [0.2, 0.25) is 0 Å². The Kier molecular flexibility index (Phi) is 13.8. The van der Waals surface area contributed by atoms with Gasteiger partial charge in [-0.15, -0.1) is 0 Å². The summed E-state index contributed by atoms with van der Waals surface area (Å²) < 4.78 is 23.4. The molecule has 0 aromatic heterocycles. The van der Waals surface area contributed by atoms with Crippen molar-refractivity contribution in [3.05, 3.63) is 52.8 Å². The first-order chi connectivity index (χ1) is 26.3. The number of allylic oxidation sites excluding steroid dienone is 2. The SMILES string of the molecule is COC1C=COC2(C)Oc3c(C)c(O)c4c(O)c(c(C=NNCCO)c(O)c4c3C2=O)NC(=O)C(C)=CC=CC(C)C(O)C(C)C(O)C(C)C(OC(C)=O)C1C. The Morgan fingerprint density at radius 3 is 2.30 bits per heavy atom. The molecule has 16 heteroatoms. The van der Waals surface area contributed by atoms with Crippen LogP contribution in [0.2, 0.25) is 0 Å². The zero-order valence-corrected chi connectivity index (χ0v) is 33.0. The lowest BCUT2D eigenvalue weighted by Gasteiger charge is -2.38. The van der Waals surface area contributed by atoms with Crippen molar-refractivity contribution in [1.29, 1.82) is 0 Å². The number of Topliss-reactive ketones (excluding diaryl/α,β-unsaturated/α-hetero) is 1. The average Bonchev–Trinajstić information content (AvgIpc) is 3.42. The molecule has 9 atom stereocenters. The van der Waals surface area contributed by atoms with Crippen LogP contribution in [0.25, 0.3) is 10.8 Å². The molecule has 2 aromatic rings. The highest BCUT2D eigenvalue weighted by Crippen LogP contribution is 2.55. The molecule has 0 radical (unpaired) electrons. The zero-order valence-electron chi connectivity index (χ0n) is 33.0. The van der Waals surface area contributed by atoms with E-state index in [2.05, 4.69) is 15.8 Å². The van der Waals surface area contributed by atoms with Gasteiger partial charge in [0.25, 0.3) is 11.7 Å². The monoisotopic (exact) mass is 783 g/mol. The van der Waals surface area contributed by atoms with Gasteiger partial charge in [-0.3, -0.25) is 14.4 Å². The smallest absolute Gasteiger partial charge is 0.312 e. The van der Waals surface area contributed by atoms with Crippen molar-refractivity contribution >= 4 is 40.3 Å². The Morgan fingerprint density at radius 2 is 1.68 bits per heavy atom. The van der Waals surface area contributed by atoms with Crippen LogP contribution < -0.4 is 15.5 Å². The van der Waals surface area contributed by atoms with Crippen LogP contribution in [0.15, 0.2) is 41.2 Å². The fourth-order valence-corrected chi connectivity index (χ4v) is 7.10. The third-order valence-electron chi connectivity index (χ3n) is 10.5. The lowest BCUT2D eigenvalue weighted by Crippen LogP contribution is -2.46. The van der Waals surface area contributed by atoms with E-state index in [1.165, 1.54) is 53.2 Å². The summed E-state index contributed by atoms with van der Waals surface area (Å²) in [6.45, 7) is 12.1. The van der Waals surface area contributed by atoms with E-state index in [9.17, 15) is 45.0 Å². The minimum atomic E-state index is -2.07. The topological polar surface area (TPSA) is 246 Å². The number of aliphatic hydroxyl groups is 3. The first-order valence-corrected chi connectivity index (χ1v) is 18.3. The second-order valence-corrected chi connectivity index (χ2v) is 14.5. The van der Waals surface area contributed by atoms with E-state index in [1.54, 1.807) is 39.8 Å². The molecule has 3 heterocycles. The minimum Gasteiger partial charge on any atom is -0.507 e. The number of hydrogen-bond donors (Lipinski definition) is 8. The molecule has 0 spiro atoms. The minimum absolute atomic E-state index is 0.0209. The Labute approximate surface area is 325 Å². The third-order valence-corrected chi connectivity index (χ3v) is 10.5. The van der Waals surface area contributed by atoms with Gasteiger partial charge < -0.3 is 60.3 Å². The van der Waals surface area contributed by atoms with Gasteiger partial charge in [-0.25, -0.2) is 0 Å². The lowest BCUT2D eigenvalue weighted by molar-refractivity contribution is -0.160. The van der Waals surface area contributed by atoms with E-state index in [4.69, 9.17) is 18.9 Å². The summed E-state index contributed by atoms with van der Waals surface area (Å²) in [7, 11) is 1.42. The molecule has 2 aromatic carbocycles. The highest BCUT2D eigenvalue weighted by Gasteiger charge is 2.50. The molecule has 16 nitrogen and oxygen atoms in total. The van der Waals surface area contributed by atoms with E-state index in [1.807, 2.05) is 0 Å². The van der Waals surface area contributed by atoms with Gasteiger partial charge >= 0.3 is 11.8 Å². The average molecular weight is 784 g/mol. The number of carbonyl (C=O) groups is 3. The van der Waals surface area contributed by atoms with Crippen LogP contribution in [0.3, 0.4) is 0 Å². The summed E-state index contributed by atoms with van der Waals surface area (Å²) in [6, 6.07) is 0. The number of nitrogens with one attached hydrogen (secondary N) is 2. The molecule has 0 fully saturated rings. The number of fused-ring (bicyclic) bond motifs is 14. The number of anilines is 1. The highest BCUT2D eigenvalue weighted by atomic mass is 16.7. The fraction of sp³-hybridized carbons (Fsp3) is 0.500. The summed E-state index contributed by atoms with van der Waals surface area (Å²) >= 11 is 0. The van der Waals surface area contributed by atoms with Crippen LogP contribution in [0.1, 0.15) is 70.0 Å². The molecule has 9 unspecified atom stereocenters. The van der Waals surface area contributed by atoms with Crippen molar-refractivity contribution in [1.82, 2.24) is 5.43 Å². The molecule has 0 saturated heterocycles. The number of methoxy groups -OCH3 is 1. The lowest BCUT2D eigenvalue weighted by atomic mass is 9.78. The van der Waals surface area contributed by atoms with Crippen molar-refractivity contribution in [3.8, 4) is 23.0 Å². The number of benzene rings is 2. The van der Waals surface area contributed by atoms with Gasteiger partial charge in [0, 0.05) is 61.2 Å². The maximum Gasteiger partial charge on any atom is 0.312 e. The van der Waals surface area contributed by atoms with Gasteiger partial charge in [-0.2, -0.15) is 5.10 Å². The van der Waals surface area contributed by atoms with Crippen molar-refractivity contribution in [3.63, 3.8) is 0 Å². The zero-order chi connectivity index (χ0) is 41.8. The molecule has 56 heavy (non-hydrogen) atoms. The van der Waals surface area contributed by atoms with E-state index in [0.717, 1.165) is 6.21 Å². The van der Waals surface area contributed by atoms with Crippen LogP contribution in [-0.2, 0) is 23.8 Å². The molecule has 306 valence electrons. The first kappa shape index (κ1) is 43.6. The van der Waals surface area contributed by atoms with Crippen molar-refractivity contribution in [2.45, 2.75) is 85.6 Å². The normalized spacial score (nSPS) is 29.0. The van der Waals surface area contributed by atoms with E-state index >= 15 is 0 Å². The number of amides is 1. The number of phenolic OH excluding ortho intramolecular Hbond substituents is 3. The van der Waals surface area contributed by atoms with Crippen LogP contribution in [0.5, 0.6) is 23.0 Å². The van der Waals surface area contributed by atoms with Gasteiger partial charge in [0.1, 0.15) is 23.4 Å². The number of esters is 1. The number of ether oxygens (including phenoxy) is 4. The van der Waals surface area contributed by atoms with Gasteiger partial charge in [-0.05, 0) is 19.9 Å². The standard InChI is InChI=1S/C40H53N3O13/c1-18-11-10-12-19(2)39(52)43-30-25(17-42-41-14-15-44)34(49)27-28(35(30)50)33(48)23(6)37-29(27)38(51)40(8,56-37)54-16-13-26(53-9)20(3)36(55-24(7)45)22(5)32(47)21(4)31(18)46/h10-13,16-18,20-22,26,31-32,36,41,44,46-50H,14-15H2,1-9H3,(H,43,52). The molecule has 5 rings (SSSR count). The highest BCUT2D eigenvalue weighted by molar-refractivity contribution is 6.23. The molecular formula is C40H53N3O13. The van der Waals surface area contributed by atoms with Crippen molar-refractivity contribution < 1.29 is 64.0 Å². The largest absolute Gasteiger partial charge is 0.507 e. The Bertz CT molecular complexity index is 1960. The summed E-state index contributed by atoms with van der Waals surface area (Å²) in [6.07, 6.45) is 4.42. The van der Waals surface area contributed by atoms with E-state index in [-0.39, 0.29) is 57.6 Å².